The third kappa shape index (κ3) is 2.57. The van der Waals surface area contributed by atoms with Crippen LogP contribution in [0.4, 0.5) is 5.82 Å². The molecule has 0 radical (unpaired) electrons. The van der Waals surface area contributed by atoms with Crippen molar-refractivity contribution in [3.63, 3.8) is 0 Å². The van der Waals surface area contributed by atoms with Crippen LogP contribution in [0.1, 0.15) is 17.1 Å². The minimum Gasteiger partial charge on any atom is -0.383 e. The number of carbonyl (C=O) groups excluding carboxylic acids is 1. The lowest BCUT2D eigenvalue weighted by Gasteiger charge is -2.08. The third-order valence-electron chi connectivity index (χ3n) is 3.31. The van der Waals surface area contributed by atoms with Crippen LogP contribution in [0, 0.1) is 20.8 Å². The fraction of sp³-hybridized carbons (Fsp3) is 0.462. The Labute approximate surface area is 116 Å². The summed E-state index contributed by atoms with van der Waals surface area (Å²) in [6.45, 7) is 6.69. The van der Waals surface area contributed by atoms with Crippen molar-refractivity contribution in [3.05, 3.63) is 17.1 Å². The molecule has 0 atom stereocenters. The van der Waals surface area contributed by atoms with Crippen LogP contribution in [-0.4, -0.2) is 33.7 Å². The van der Waals surface area contributed by atoms with Gasteiger partial charge in [0, 0.05) is 12.2 Å². The standard InChI is InChI=1S/C13H19N5O2/c1-7-8(2)18(4-5-20-6-10(14)19)13-11(7)12(15)16-9(3)17-13/h4-6H2,1-3H3,(H2,14,19)(H2,15,16,17). The Morgan fingerprint density at radius 2 is 2.00 bits per heavy atom. The molecule has 0 fully saturated rings. The summed E-state index contributed by atoms with van der Waals surface area (Å²) in [6, 6.07) is 0. The summed E-state index contributed by atoms with van der Waals surface area (Å²) in [5.74, 6) is 0.648. The van der Waals surface area contributed by atoms with Crippen molar-refractivity contribution < 1.29 is 9.53 Å². The highest BCUT2D eigenvalue weighted by molar-refractivity contribution is 5.91. The first-order valence-corrected chi connectivity index (χ1v) is 6.37. The zero-order chi connectivity index (χ0) is 14.9. The Kier molecular flexibility index (Phi) is 3.89. The first kappa shape index (κ1) is 14.3. The maximum Gasteiger partial charge on any atom is 0.243 e. The lowest BCUT2D eigenvalue weighted by atomic mass is 10.2. The number of fused-ring (bicyclic) bond motifs is 1. The fourth-order valence-electron chi connectivity index (χ4n) is 2.28. The van der Waals surface area contributed by atoms with Gasteiger partial charge in [-0.3, -0.25) is 4.79 Å². The highest BCUT2D eigenvalue weighted by atomic mass is 16.5. The minimum atomic E-state index is -0.474. The van der Waals surface area contributed by atoms with E-state index in [0.717, 1.165) is 22.3 Å². The van der Waals surface area contributed by atoms with Gasteiger partial charge in [-0.1, -0.05) is 0 Å². The van der Waals surface area contributed by atoms with E-state index in [0.29, 0.717) is 24.8 Å². The van der Waals surface area contributed by atoms with E-state index in [4.69, 9.17) is 16.2 Å². The molecule has 0 spiro atoms. The van der Waals surface area contributed by atoms with Gasteiger partial charge in [-0.25, -0.2) is 9.97 Å². The number of ether oxygens (including phenoxy) is 1. The van der Waals surface area contributed by atoms with E-state index in [1.807, 2.05) is 18.4 Å². The molecule has 108 valence electrons. The number of aryl methyl sites for hydroxylation is 2. The smallest absolute Gasteiger partial charge is 0.243 e. The average Bonchev–Trinajstić information content (AvgIpc) is 2.58. The van der Waals surface area contributed by atoms with Crippen LogP contribution in [0.25, 0.3) is 11.0 Å². The molecule has 2 aromatic heterocycles. The predicted molar refractivity (Wildman–Crippen MR) is 76.2 cm³/mol. The summed E-state index contributed by atoms with van der Waals surface area (Å²) in [4.78, 5) is 19.3. The van der Waals surface area contributed by atoms with Gasteiger partial charge in [0.15, 0.2) is 0 Å². The lowest BCUT2D eigenvalue weighted by molar-refractivity contribution is -0.122. The fourth-order valence-corrected chi connectivity index (χ4v) is 2.28. The molecule has 0 unspecified atom stereocenters. The molecule has 0 aliphatic carbocycles. The predicted octanol–water partition coefficient (Wildman–Crippen LogP) is 0.441. The van der Waals surface area contributed by atoms with Crippen LogP contribution in [0.5, 0.6) is 0 Å². The number of nitrogen functional groups attached to an aromatic ring is 1. The van der Waals surface area contributed by atoms with Crippen molar-refractivity contribution in [2.75, 3.05) is 18.9 Å². The first-order valence-electron chi connectivity index (χ1n) is 6.37. The number of nitrogens with two attached hydrogens (primary N) is 2. The van der Waals surface area contributed by atoms with E-state index in [1.54, 1.807) is 6.92 Å². The van der Waals surface area contributed by atoms with Crippen molar-refractivity contribution in [2.45, 2.75) is 27.3 Å². The third-order valence-corrected chi connectivity index (χ3v) is 3.31. The molecule has 1 amide bonds. The second-order valence-corrected chi connectivity index (χ2v) is 4.74. The molecule has 0 saturated carbocycles. The second-order valence-electron chi connectivity index (χ2n) is 4.74. The van der Waals surface area contributed by atoms with Gasteiger partial charge in [0.05, 0.1) is 12.0 Å². The Morgan fingerprint density at radius 1 is 1.30 bits per heavy atom. The van der Waals surface area contributed by atoms with Gasteiger partial charge in [0.2, 0.25) is 5.91 Å². The number of aromatic nitrogens is 3. The highest BCUT2D eigenvalue weighted by Crippen LogP contribution is 2.27. The van der Waals surface area contributed by atoms with E-state index in [9.17, 15) is 4.79 Å². The zero-order valence-corrected chi connectivity index (χ0v) is 11.9. The molecular formula is C13H19N5O2. The molecule has 0 bridgehead atoms. The van der Waals surface area contributed by atoms with Crippen LogP contribution in [0.2, 0.25) is 0 Å². The summed E-state index contributed by atoms with van der Waals surface area (Å²) in [7, 11) is 0. The Morgan fingerprint density at radius 3 is 2.65 bits per heavy atom. The van der Waals surface area contributed by atoms with E-state index in [2.05, 4.69) is 9.97 Å². The molecule has 2 aromatic rings. The van der Waals surface area contributed by atoms with Gasteiger partial charge in [0.25, 0.3) is 0 Å². The molecule has 2 rings (SSSR count). The van der Waals surface area contributed by atoms with Crippen LogP contribution in [0.3, 0.4) is 0 Å². The Bertz CT molecular complexity index is 663. The van der Waals surface area contributed by atoms with Crippen LogP contribution < -0.4 is 11.5 Å². The molecule has 20 heavy (non-hydrogen) atoms. The molecule has 7 nitrogen and oxygen atoms in total. The highest BCUT2D eigenvalue weighted by Gasteiger charge is 2.15. The van der Waals surface area contributed by atoms with E-state index >= 15 is 0 Å². The van der Waals surface area contributed by atoms with Gasteiger partial charge in [0.1, 0.15) is 23.9 Å². The molecule has 0 aliphatic heterocycles. The number of hydrogen-bond acceptors (Lipinski definition) is 5. The molecule has 7 heteroatoms. The SMILES string of the molecule is Cc1nc(N)c2c(C)c(C)n(CCOCC(N)=O)c2n1. The van der Waals surface area contributed by atoms with Crippen LogP contribution in [-0.2, 0) is 16.1 Å². The maximum absolute atomic E-state index is 10.6. The van der Waals surface area contributed by atoms with Gasteiger partial charge in [-0.05, 0) is 26.3 Å². The normalized spacial score (nSPS) is 11.2. The maximum atomic E-state index is 10.6. The summed E-state index contributed by atoms with van der Waals surface area (Å²) in [5.41, 5.74) is 13.9. The van der Waals surface area contributed by atoms with Gasteiger partial charge in [-0.15, -0.1) is 0 Å². The van der Waals surface area contributed by atoms with Crippen molar-refractivity contribution in [3.8, 4) is 0 Å². The van der Waals surface area contributed by atoms with Crippen LogP contribution in [0.15, 0.2) is 0 Å². The average molecular weight is 277 g/mol. The van der Waals surface area contributed by atoms with E-state index < -0.39 is 5.91 Å². The summed E-state index contributed by atoms with van der Waals surface area (Å²) in [5, 5.41) is 0.878. The number of rotatable bonds is 5. The number of hydrogen-bond donors (Lipinski definition) is 2. The van der Waals surface area contributed by atoms with Gasteiger partial charge in [-0.2, -0.15) is 0 Å². The van der Waals surface area contributed by atoms with Crippen molar-refractivity contribution >= 4 is 22.8 Å². The zero-order valence-electron chi connectivity index (χ0n) is 11.9. The number of carbonyl (C=O) groups is 1. The topological polar surface area (TPSA) is 109 Å². The largest absolute Gasteiger partial charge is 0.383 e. The number of amides is 1. The summed E-state index contributed by atoms with van der Waals surface area (Å²) >= 11 is 0. The lowest BCUT2D eigenvalue weighted by Crippen LogP contribution is -2.20. The number of anilines is 1. The van der Waals surface area contributed by atoms with Crippen molar-refractivity contribution in [2.24, 2.45) is 5.73 Å². The molecule has 0 aliphatic rings. The molecule has 2 heterocycles. The molecule has 0 aromatic carbocycles. The Balaban J connectivity index is 2.33. The molecule has 0 saturated heterocycles. The molecule has 4 N–H and O–H groups in total. The number of primary amides is 1. The van der Waals surface area contributed by atoms with Crippen molar-refractivity contribution in [1.82, 2.24) is 14.5 Å². The summed E-state index contributed by atoms with van der Waals surface area (Å²) < 4.78 is 7.23. The first-order chi connectivity index (χ1) is 9.41. The van der Waals surface area contributed by atoms with E-state index in [1.165, 1.54) is 0 Å². The minimum absolute atomic E-state index is 0.0760. The van der Waals surface area contributed by atoms with Gasteiger partial charge >= 0.3 is 0 Å². The Hall–Kier alpha value is -2.15. The second kappa shape index (κ2) is 5.46. The quantitative estimate of drug-likeness (QED) is 0.771. The van der Waals surface area contributed by atoms with E-state index in [-0.39, 0.29) is 6.61 Å². The van der Waals surface area contributed by atoms with Crippen LogP contribution >= 0.6 is 0 Å². The monoisotopic (exact) mass is 277 g/mol. The van der Waals surface area contributed by atoms with Crippen molar-refractivity contribution in [1.29, 1.82) is 0 Å². The number of nitrogens with zero attached hydrogens (tertiary/aromatic N) is 3. The molecular weight excluding hydrogens is 258 g/mol. The van der Waals surface area contributed by atoms with Gasteiger partial charge < -0.3 is 20.8 Å². The summed E-state index contributed by atoms with van der Waals surface area (Å²) in [6.07, 6.45) is 0.